The van der Waals surface area contributed by atoms with E-state index in [1.54, 1.807) is 0 Å². The van der Waals surface area contributed by atoms with E-state index in [4.69, 9.17) is 5.73 Å². The SMILES string of the molecule is Nc1cccc(CN2CCC(C(=O)NC3CCCCC3)CC2)c1. The lowest BCUT2D eigenvalue weighted by Gasteiger charge is -2.32. The van der Waals surface area contributed by atoms with Gasteiger partial charge in [-0.25, -0.2) is 0 Å². The number of carbonyl (C=O) groups excluding carboxylic acids is 1. The monoisotopic (exact) mass is 315 g/mol. The summed E-state index contributed by atoms with van der Waals surface area (Å²) in [4.78, 5) is 14.9. The standard InChI is InChI=1S/C19H29N3O/c20-17-6-4-5-15(13-17)14-22-11-9-16(10-12-22)19(23)21-18-7-2-1-3-8-18/h4-6,13,16,18H,1-3,7-12,14,20H2,(H,21,23). The largest absolute Gasteiger partial charge is 0.399 e. The highest BCUT2D eigenvalue weighted by molar-refractivity contribution is 5.79. The number of nitrogen functional groups attached to an aromatic ring is 1. The molecule has 1 aliphatic carbocycles. The molecule has 4 heteroatoms. The summed E-state index contributed by atoms with van der Waals surface area (Å²) in [6.45, 7) is 2.93. The van der Waals surface area contributed by atoms with E-state index >= 15 is 0 Å². The summed E-state index contributed by atoms with van der Waals surface area (Å²) in [7, 11) is 0. The summed E-state index contributed by atoms with van der Waals surface area (Å²) in [6.07, 6.45) is 8.14. The van der Waals surface area contributed by atoms with Gasteiger partial charge in [0.05, 0.1) is 0 Å². The summed E-state index contributed by atoms with van der Waals surface area (Å²) < 4.78 is 0. The molecule has 1 saturated heterocycles. The van der Waals surface area contributed by atoms with Crippen molar-refractivity contribution >= 4 is 11.6 Å². The van der Waals surface area contributed by atoms with E-state index in [-0.39, 0.29) is 5.92 Å². The summed E-state index contributed by atoms with van der Waals surface area (Å²) in [5.41, 5.74) is 7.93. The molecule has 2 aliphatic rings. The fourth-order valence-electron chi connectivity index (χ4n) is 3.87. The van der Waals surface area contributed by atoms with Gasteiger partial charge in [0.25, 0.3) is 0 Å². The zero-order valence-corrected chi connectivity index (χ0v) is 14.0. The summed E-state index contributed by atoms with van der Waals surface area (Å²) in [6, 6.07) is 8.53. The Kier molecular flexibility index (Phi) is 5.55. The molecule has 1 heterocycles. The van der Waals surface area contributed by atoms with Gasteiger partial charge in [-0.3, -0.25) is 9.69 Å². The van der Waals surface area contributed by atoms with Crippen LogP contribution in [-0.2, 0) is 11.3 Å². The molecule has 1 aliphatic heterocycles. The van der Waals surface area contributed by atoms with Crippen LogP contribution >= 0.6 is 0 Å². The quantitative estimate of drug-likeness (QED) is 0.840. The van der Waals surface area contributed by atoms with Gasteiger partial charge in [-0.05, 0) is 56.5 Å². The first-order valence-electron chi connectivity index (χ1n) is 9.08. The number of piperidine rings is 1. The maximum absolute atomic E-state index is 12.4. The molecular weight excluding hydrogens is 286 g/mol. The first-order chi connectivity index (χ1) is 11.2. The third kappa shape index (κ3) is 4.71. The first-order valence-corrected chi connectivity index (χ1v) is 9.08. The normalized spacial score (nSPS) is 21.2. The van der Waals surface area contributed by atoms with Crippen molar-refractivity contribution in [2.75, 3.05) is 18.8 Å². The van der Waals surface area contributed by atoms with E-state index in [2.05, 4.69) is 16.3 Å². The molecule has 3 N–H and O–H groups in total. The van der Waals surface area contributed by atoms with Gasteiger partial charge in [0, 0.05) is 24.2 Å². The lowest BCUT2D eigenvalue weighted by atomic mass is 9.92. The second kappa shape index (κ2) is 7.82. The van der Waals surface area contributed by atoms with Crippen molar-refractivity contribution < 1.29 is 4.79 Å². The predicted molar refractivity (Wildman–Crippen MR) is 93.9 cm³/mol. The Morgan fingerprint density at radius 3 is 2.57 bits per heavy atom. The number of likely N-dealkylation sites (tertiary alicyclic amines) is 1. The average Bonchev–Trinajstić information content (AvgIpc) is 2.56. The van der Waals surface area contributed by atoms with Crippen LogP contribution in [0.25, 0.3) is 0 Å². The van der Waals surface area contributed by atoms with Crippen LogP contribution in [0, 0.1) is 5.92 Å². The molecule has 23 heavy (non-hydrogen) atoms. The van der Waals surface area contributed by atoms with Gasteiger partial charge in [0.15, 0.2) is 0 Å². The van der Waals surface area contributed by atoms with Crippen LogP contribution in [0.5, 0.6) is 0 Å². The molecule has 0 bridgehead atoms. The third-order valence-electron chi connectivity index (χ3n) is 5.27. The number of nitrogens with zero attached hydrogens (tertiary/aromatic N) is 1. The van der Waals surface area contributed by atoms with E-state index < -0.39 is 0 Å². The van der Waals surface area contributed by atoms with Gasteiger partial charge < -0.3 is 11.1 Å². The van der Waals surface area contributed by atoms with Crippen molar-refractivity contribution in [3.05, 3.63) is 29.8 Å². The second-order valence-corrected chi connectivity index (χ2v) is 7.14. The van der Waals surface area contributed by atoms with Crippen LogP contribution in [0.2, 0.25) is 0 Å². The number of hydrogen-bond donors (Lipinski definition) is 2. The fourth-order valence-corrected chi connectivity index (χ4v) is 3.87. The molecule has 0 spiro atoms. The summed E-state index contributed by atoms with van der Waals surface area (Å²) in [5, 5.41) is 3.29. The number of hydrogen-bond acceptors (Lipinski definition) is 3. The second-order valence-electron chi connectivity index (χ2n) is 7.14. The lowest BCUT2D eigenvalue weighted by Crippen LogP contribution is -2.44. The highest BCUT2D eigenvalue weighted by Gasteiger charge is 2.26. The smallest absolute Gasteiger partial charge is 0.223 e. The molecule has 3 rings (SSSR count). The minimum absolute atomic E-state index is 0.203. The van der Waals surface area contributed by atoms with Crippen LogP contribution in [0.3, 0.4) is 0 Å². The number of anilines is 1. The van der Waals surface area contributed by atoms with Crippen molar-refractivity contribution in [2.24, 2.45) is 5.92 Å². The molecule has 1 amide bonds. The number of carbonyl (C=O) groups is 1. The average molecular weight is 315 g/mol. The van der Waals surface area contributed by atoms with Crippen LogP contribution in [-0.4, -0.2) is 29.9 Å². The topological polar surface area (TPSA) is 58.4 Å². The van der Waals surface area contributed by atoms with Crippen LogP contribution in [0.1, 0.15) is 50.5 Å². The van der Waals surface area contributed by atoms with Gasteiger partial charge in [0.1, 0.15) is 0 Å². The van der Waals surface area contributed by atoms with E-state index in [1.807, 2.05) is 18.2 Å². The van der Waals surface area contributed by atoms with Crippen LogP contribution in [0.15, 0.2) is 24.3 Å². The van der Waals surface area contributed by atoms with E-state index in [9.17, 15) is 4.79 Å². The Balaban J connectivity index is 1.43. The van der Waals surface area contributed by atoms with Gasteiger partial charge in [-0.2, -0.15) is 0 Å². The molecule has 0 aromatic heterocycles. The maximum Gasteiger partial charge on any atom is 0.223 e. The fraction of sp³-hybridized carbons (Fsp3) is 0.632. The highest BCUT2D eigenvalue weighted by Crippen LogP contribution is 2.22. The zero-order chi connectivity index (χ0) is 16.1. The first kappa shape index (κ1) is 16.3. The van der Waals surface area contributed by atoms with Crippen LogP contribution in [0.4, 0.5) is 5.69 Å². The highest BCUT2D eigenvalue weighted by atomic mass is 16.1. The van der Waals surface area contributed by atoms with Gasteiger partial charge >= 0.3 is 0 Å². The Hall–Kier alpha value is -1.55. The number of nitrogens with two attached hydrogens (primary N) is 1. The number of nitrogens with one attached hydrogen (secondary N) is 1. The van der Waals surface area contributed by atoms with E-state index in [1.165, 1.54) is 37.7 Å². The van der Waals surface area contributed by atoms with Gasteiger partial charge in [-0.1, -0.05) is 31.4 Å². The Labute approximate surface area is 139 Å². The molecule has 1 aromatic carbocycles. The Morgan fingerprint density at radius 1 is 1.13 bits per heavy atom. The molecule has 0 unspecified atom stereocenters. The zero-order valence-electron chi connectivity index (χ0n) is 14.0. The summed E-state index contributed by atoms with van der Waals surface area (Å²) >= 11 is 0. The number of amides is 1. The van der Waals surface area contributed by atoms with Crippen molar-refractivity contribution in [1.82, 2.24) is 10.2 Å². The molecular formula is C19H29N3O. The maximum atomic E-state index is 12.4. The number of benzene rings is 1. The molecule has 1 aromatic rings. The number of rotatable bonds is 4. The molecule has 2 fully saturated rings. The molecule has 0 atom stereocenters. The molecule has 0 radical (unpaired) electrons. The van der Waals surface area contributed by atoms with Crippen LogP contribution < -0.4 is 11.1 Å². The minimum Gasteiger partial charge on any atom is -0.399 e. The minimum atomic E-state index is 0.203. The Morgan fingerprint density at radius 2 is 1.87 bits per heavy atom. The predicted octanol–water partition coefficient (Wildman–Crippen LogP) is 2.93. The molecule has 126 valence electrons. The molecule has 1 saturated carbocycles. The van der Waals surface area contributed by atoms with Crippen molar-refractivity contribution in [1.29, 1.82) is 0 Å². The third-order valence-corrected chi connectivity index (χ3v) is 5.27. The lowest BCUT2D eigenvalue weighted by molar-refractivity contribution is -0.127. The van der Waals surface area contributed by atoms with Crippen molar-refractivity contribution in [3.8, 4) is 0 Å². The molecule has 4 nitrogen and oxygen atoms in total. The van der Waals surface area contributed by atoms with E-state index in [0.717, 1.165) is 38.2 Å². The van der Waals surface area contributed by atoms with Gasteiger partial charge in [-0.15, -0.1) is 0 Å². The summed E-state index contributed by atoms with van der Waals surface area (Å²) in [5.74, 6) is 0.495. The van der Waals surface area contributed by atoms with E-state index in [0.29, 0.717) is 11.9 Å². The van der Waals surface area contributed by atoms with Crippen molar-refractivity contribution in [2.45, 2.75) is 57.5 Å². The Bertz CT molecular complexity index is 517. The van der Waals surface area contributed by atoms with Crippen molar-refractivity contribution in [3.63, 3.8) is 0 Å². The van der Waals surface area contributed by atoms with Gasteiger partial charge in [0.2, 0.25) is 5.91 Å².